The Kier molecular flexibility index (Phi) is 4.66. The fraction of sp³-hybridized carbons (Fsp3) is 0.357. The number of aryl methyl sites for hydroxylation is 1. The second kappa shape index (κ2) is 6.68. The van der Waals surface area contributed by atoms with Crippen molar-refractivity contribution in [2.45, 2.75) is 26.8 Å². The van der Waals surface area contributed by atoms with E-state index in [-0.39, 0.29) is 0 Å². The van der Waals surface area contributed by atoms with Crippen LogP contribution in [0.2, 0.25) is 0 Å². The van der Waals surface area contributed by atoms with Crippen LogP contribution in [-0.2, 0) is 6.54 Å². The van der Waals surface area contributed by atoms with Crippen molar-refractivity contribution in [1.29, 1.82) is 0 Å². The zero-order valence-electron chi connectivity index (χ0n) is 11.3. The lowest BCUT2D eigenvalue weighted by atomic mass is 10.3. The molecule has 0 saturated carbocycles. The average molecular weight is 257 g/mol. The van der Waals surface area contributed by atoms with E-state index in [9.17, 15) is 0 Å². The summed E-state index contributed by atoms with van der Waals surface area (Å²) >= 11 is 0. The molecule has 5 nitrogen and oxygen atoms in total. The zero-order chi connectivity index (χ0) is 13.5. The van der Waals surface area contributed by atoms with Crippen LogP contribution in [0.4, 0.5) is 11.6 Å². The maximum absolute atomic E-state index is 4.44. The number of rotatable bonds is 6. The van der Waals surface area contributed by atoms with Crippen LogP contribution in [0.5, 0.6) is 0 Å². The minimum absolute atomic E-state index is 0.646. The van der Waals surface area contributed by atoms with Crippen LogP contribution >= 0.6 is 0 Å². The van der Waals surface area contributed by atoms with Crippen molar-refractivity contribution in [3.8, 4) is 0 Å². The third-order valence-electron chi connectivity index (χ3n) is 2.59. The van der Waals surface area contributed by atoms with Gasteiger partial charge in [-0.1, -0.05) is 13.0 Å². The molecule has 19 heavy (non-hydrogen) atoms. The van der Waals surface area contributed by atoms with Gasteiger partial charge in [-0.15, -0.1) is 0 Å². The molecule has 100 valence electrons. The van der Waals surface area contributed by atoms with Gasteiger partial charge in [0.15, 0.2) is 0 Å². The molecule has 0 bridgehead atoms. The van der Waals surface area contributed by atoms with Crippen molar-refractivity contribution in [1.82, 2.24) is 15.0 Å². The van der Waals surface area contributed by atoms with Gasteiger partial charge in [0.1, 0.15) is 11.6 Å². The number of hydrogen-bond donors (Lipinski definition) is 2. The molecule has 0 radical (unpaired) electrons. The number of nitrogens with zero attached hydrogens (tertiary/aromatic N) is 3. The summed E-state index contributed by atoms with van der Waals surface area (Å²) in [7, 11) is 0. The summed E-state index contributed by atoms with van der Waals surface area (Å²) < 4.78 is 0. The minimum Gasteiger partial charge on any atom is -0.369 e. The molecule has 0 spiro atoms. The van der Waals surface area contributed by atoms with Gasteiger partial charge in [-0.3, -0.25) is 9.97 Å². The number of hydrogen-bond acceptors (Lipinski definition) is 5. The third kappa shape index (κ3) is 4.21. The summed E-state index contributed by atoms with van der Waals surface area (Å²) in [6.45, 7) is 5.65. The monoisotopic (exact) mass is 257 g/mol. The second-order valence-electron chi connectivity index (χ2n) is 4.34. The maximum Gasteiger partial charge on any atom is 0.147 e. The Hall–Kier alpha value is -2.17. The van der Waals surface area contributed by atoms with E-state index in [1.807, 2.05) is 25.1 Å². The quantitative estimate of drug-likeness (QED) is 0.833. The number of pyridine rings is 1. The summed E-state index contributed by atoms with van der Waals surface area (Å²) in [5.74, 6) is 1.55. The van der Waals surface area contributed by atoms with E-state index in [4.69, 9.17) is 0 Å². The summed E-state index contributed by atoms with van der Waals surface area (Å²) in [6, 6.07) is 5.98. The molecule has 2 aromatic rings. The standard InChI is InChI=1S/C14H19N5/c1-3-7-16-13-9-15-10-14(19-13)17-8-12-6-4-5-11(2)18-12/h4-6,9-10H,3,7-8H2,1-2H3,(H2,16,17,19). The van der Waals surface area contributed by atoms with E-state index in [1.54, 1.807) is 12.4 Å². The second-order valence-corrected chi connectivity index (χ2v) is 4.34. The Morgan fingerprint density at radius 3 is 2.58 bits per heavy atom. The van der Waals surface area contributed by atoms with Gasteiger partial charge in [0.25, 0.3) is 0 Å². The summed E-state index contributed by atoms with van der Waals surface area (Å²) in [5.41, 5.74) is 2.01. The lowest BCUT2D eigenvalue weighted by molar-refractivity contribution is 0.958. The van der Waals surface area contributed by atoms with Crippen LogP contribution in [0.25, 0.3) is 0 Å². The molecular formula is C14H19N5. The van der Waals surface area contributed by atoms with Crippen molar-refractivity contribution in [2.24, 2.45) is 0 Å². The van der Waals surface area contributed by atoms with Crippen molar-refractivity contribution < 1.29 is 0 Å². The van der Waals surface area contributed by atoms with Crippen molar-refractivity contribution in [3.63, 3.8) is 0 Å². The summed E-state index contributed by atoms with van der Waals surface area (Å²) in [5, 5.41) is 6.44. The van der Waals surface area contributed by atoms with E-state index in [2.05, 4.69) is 32.5 Å². The van der Waals surface area contributed by atoms with E-state index in [1.165, 1.54) is 0 Å². The van der Waals surface area contributed by atoms with Gasteiger partial charge in [-0.2, -0.15) is 0 Å². The first-order valence-corrected chi connectivity index (χ1v) is 6.50. The predicted molar refractivity (Wildman–Crippen MR) is 77.1 cm³/mol. The van der Waals surface area contributed by atoms with Crippen LogP contribution in [0.15, 0.2) is 30.6 Å². The Labute approximate surface area is 113 Å². The number of aromatic nitrogens is 3. The Morgan fingerprint density at radius 2 is 1.84 bits per heavy atom. The SMILES string of the molecule is CCCNc1cncc(NCc2cccc(C)n2)n1. The van der Waals surface area contributed by atoms with E-state index < -0.39 is 0 Å². The molecule has 0 unspecified atom stereocenters. The van der Waals surface area contributed by atoms with Crippen molar-refractivity contribution in [2.75, 3.05) is 17.2 Å². The molecule has 0 amide bonds. The predicted octanol–water partition coefficient (Wildman–Crippen LogP) is 2.61. The van der Waals surface area contributed by atoms with Gasteiger partial charge in [-0.05, 0) is 25.5 Å². The molecule has 5 heteroatoms. The maximum atomic E-state index is 4.44. The molecule has 2 rings (SSSR count). The van der Waals surface area contributed by atoms with Gasteiger partial charge < -0.3 is 10.6 Å². The highest BCUT2D eigenvalue weighted by molar-refractivity contribution is 5.41. The van der Waals surface area contributed by atoms with Gasteiger partial charge in [0.2, 0.25) is 0 Å². The molecule has 0 atom stereocenters. The topological polar surface area (TPSA) is 62.7 Å². The molecule has 0 aliphatic rings. The highest BCUT2D eigenvalue weighted by atomic mass is 15.1. The van der Waals surface area contributed by atoms with Crippen LogP contribution in [0, 0.1) is 6.92 Å². The molecule has 2 heterocycles. The smallest absolute Gasteiger partial charge is 0.147 e. The van der Waals surface area contributed by atoms with Gasteiger partial charge in [0, 0.05) is 12.2 Å². The fourth-order valence-electron chi connectivity index (χ4n) is 1.67. The van der Waals surface area contributed by atoms with Crippen LogP contribution in [0.1, 0.15) is 24.7 Å². The number of anilines is 2. The van der Waals surface area contributed by atoms with Gasteiger partial charge in [-0.25, -0.2) is 4.98 Å². The first-order valence-electron chi connectivity index (χ1n) is 6.50. The third-order valence-corrected chi connectivity index (χ3v) is 2.59. The lowest BCUT2D eigenvalue weighted by Gasteiger charge is -2.08. The van der Waals surface area contributed by atoms with Gasteiger partial charge in [0.05, 0.1) is 24.6 Å². The highest BCUT2D eigenvalue weighted by Gasteiger charge is 1.99. The average Bonchev–Trinajstić information content (AvgIpc) is 2.43. The van der Waals surface area contributed by atoms with Crippen molar-refractivity contribution >= 4 is 11.6 Å². The van der Waals surface area contributed by atoms with E-state index in [0.29, 0.717) is 6.54 Å². The molecule has 0 saturated heterocycles. The van der Waals surface area contributed by atoms with Gasteiger partial charge >= 0.3 is 0 Å². The van der Waals surface area contributed by atoms with Crippen molar-refractivity contribution in [3.05, 3.63) is 42.0 Å². The molecule has 0 fully saturated rings. The molecule has 0 aliphatic carbocycles. The molecule has 0 aliphatic heterocycles. The summed E-state index contributed by atoms with van der Waals surface area (Å²) in [6.07, 6.45) is 4.51. The highest BCUT2D eigenvalue weighted by Crippen LogP contribution is 2.08. The number of nitrogens with one attached hydrogen (secondary N) is 2. The summed E-state index contributed by atoms with van der Waals surface area (Å²) in [4.78, 5) is 13.0. The molecule has 2 N–H and O–H groups in total. The Morgan fingerprint density at radius 1 is 1.05 bits per heavy atom. The molecule has 2 aromatic heterocycles. The minimum atomic E-state index is 0.646. The lowest BCUT2D eigenvalue weighted by Crippen LogP contribution is -2.07. The first kappa shape index (κ1) is 13.3. The molecule has 0 aromatic carbocycles. The largest absolute Gasteiger partial charge is 0.369 e. The normalized spacial score (nSPS) is 10.2. The van der Waals surface area contributed by atoms with E-state index in [0.717, 1.165) is 36.0 Å². The molecular weight excluding hydrogens is 238 g/mol. The van der Waals surface area contributed by atoms with Crippen LogP contribution in [0.3, 0.4) is 0 Å². The fourth-order valence-corrected chi connectivity index (χ4v) is 1.67. The van der Waals surface area contributed by atoms with Crippen LogP contribution < -0.4 is 10.6 Å². The Balaban J connectivity index is 1.95. The van der Waals surface area contributed by atoms with E-state index >= 15 is 0 Å². The Bertz CT molecular complexity index is 527. The van der Waals surface area contributed by atoms with Crippen LogP contribution in [-0.4, -0.2) is 21.5 Å². The zero-order valence-corrected chi connectivity index (χ0v) is 11.3. The first-order chi connectivity index (χ1) is 9.28.